The van der Waals surface area contributed by atoms with Crippen LogP contribution < -0.4 is 5.32 Å². The summed E-state index contributed by atoms with van der Waals surface area (Å²) in [4.78, 5) is 2.13. The lowest BCUT2D eigenvalue weighted by Gasteiger charge is -2.33. The van der Waals surface area contributed by atoms with Crippen molar-refractivity contribution in [2.45, 2.75) is 25.7 Å². The first kappa shape index (κ1) is 17.1. The van der Waals surface area contributed by atoms with E-state index in [4.69, 9.17) is 11.6 Å². The van der Waals surface area contributed by atoms with Gasteiger partial charge in [-0.1, -0.05) is 11.6 Å². The smallest absolute Gasteiger partial charge is 0.314 e. The van der Waals surface area contributed by atoms with Crippen molar-refractivity contribution in [2.75, 3.05) is 19.6 Å². The Hall–Kier alpha value is -1.71. The summed E-state index contributed by atoms with van der Waals surface area (Å²) < 4.78 is 41.1. The Bertz CT molecular complexity index is 717. The van der Waals surface area contributed by atoms with Gasteiger partial charge in [0, 0.05) is 30.7 Å². The van der Waals surface area contributed by atoms with Crippen LogP contribution in [-0.2, 0) is 12.7 Å². The van der Waals surface area contributed by atoms with Crippen LogP contribution in [0, 0.1) is 0 Å². The van der Waals surface area contributed by atoms with Gasteiger partial charge in [0.25, 0.3) is 0 Å². The van der Waals surface area contributed by atoms with Gasteiger partial charge >= 0.3 is 6.18 Å². The van der Waals surface area contributed by atoms with E-state index in [1.165, 1.54) is 12.1 Å². The number of tetrazole rings is 1. The Balaban J connectivity index is 1.96. The summed E-state index contributed by atoms with van der Waals surface area (Å²) in [7, 11) is 0. The third kappa shape index (κ3) is 3.52. The van der Waals surface area contributed by atoms with Crippen LogP contribution in [-0.4, -0.2) is 50.8 Å². The monoisotopic (exact) mass is 360 g/mol. The molecule has 0 amide bonds. The Morgan fingerprint density at radius 1 is 1.38 bits per heavy atom. The lowest BCUT2D eigenvalue weighted by atomic mass is 10.1. The number of halogens is 4. The van der Waals surface area contributed by atoms with E-state index < -0.39 is 11.7 Å². The maximum atomic E-state index is 13.3. The van der Waals surface area contributed by atoms with Crippen molar-refractivity contribution < 1.29 is 13.2 Å². The van der Waals surface area contributed by atoms with E-state index in [0.717, 1.165) is 30.4 Å². The van der Waals surface area contributed by atoms with E-state index in [1.54, 1.807) is 0 Å². The highest BCUT2D eigenvalue weighted by Gasteiger charge is 2.35. The van der Waals surface area contributed by atoms with Gasteiger partial charge in [-0.25, -0.2) is 0 Å². The molecule has 24 heavy (non-hydrogen) atoms. The number of piperazine rings is 1. The van der Waals surface area contributed by atoms with Gasteiger partial charge in [0.05, 0.1) is 17.8 Å². The number of benzene rings is 1. The third-order valence-electron chi connectivity index (χ3n) is 4.01. The van der Waals surface area contributed by atoms with Gasteiger partial charge < -0.3 is 5.32 Å². The van der Waals surface area contributed by atoms with Crippen molar-refractivity contribution in [3.63, 3.8) is 0 Å². The van der Waals surface area contributed by atoms with Crippen LogP contribution in [0.2, 0.25) is 5.02 Å². The fraction of sp³-hybridized carbons (Fsp3) is 0.500. The van der Waals surface area contributed by atoms with Crippen molar-refractivity contribution in [1.82, 2.24) is 30.4 Å². The molecule has 2 aromatic rings. The molecule has 1 fully saturated rings. The summed E-state index contributed by atoms with van der Waals surface area (Å²) in [6.07, 6.45) is -4.55. The van der Waals surface area contributed by atoms with Crippen molar-refractivity contribution in [3.05, 3.63) is 34.6 Å². The minimum Gasteiger partial charge on any atom is -0.314 e. The number of aromatic nitrogens is 4. The zero-order valence-electron chi connectivity index (χ0n) is 12.9. The van der Waals surface area contributed by atoms with E-state index in [-0.39, 0.29) is 16.8 Å². The molecule has 0 bridgehead atoms. The highest BCUT2D eigenvalue weighted by molar-refractivity contribution is 6.30. The summed E-state index contributed by atoms with van der Waals surface area (Å²) >= 11 is 5.72. The second-order valence-corrected chi connectivity index (χ2v) is 6.13. The van der Waals surface area contributed by atoms with Crippen LogP contribution in [0.5, 0.6) is 0 Å². The number of hydrogen-bond donors (Lipinski definition) is 1. The second-order valence-electron chi connectivity index (χ2n) is 5.69. The van der Waals surface area contributed by atoms with Crippen molar-refractivity contribution in [3.8, 4) is 5.69 Å². The Morgan fingerprint density at radius 2 is 2.17 bits per heavy atom. The van der Waals surface area contributed by atoms with E-state index in [2.05, 4.69) is 25.7 Å². The maximum Gasteiger partial charge on any atom is 0.418 e. The molecule has 1 atom stereocenters. The molecule has 10 heteroatoms. The Morgan fingerprint density at radius 3 is 2.88 bits per heavy atom. The number of nitrogens with one attached hydrogen (secondary N) is 1. The molecular formula is C14H16ClF3N6. The fourth-order valence-electron chi connectivity index (χ4n) is 2.71. The van der Waals surface area contributed by atoms with Crippen LogP contribution in [0.25, 0.3) is 5.69 Å². The van der Waals surface area contributed by atoms with Gasteiger partial charge in [-0.3, -0.25) is 4.90 Å². The number of nitrogens with zero attached hydrogens (tertiary/aromatic N) is 5. The predicted molar refractivity (Wildman–Crippen MR) is 81.9 cm³/mol. The molecule has 0 radical (unpaired) electrons. The molecule has 1 aromatic carbocycles. The van der Waals surface area contributed by atoms with Crippen LogP contribution in [0.3, 0.4) is 0 Å². The summed E-state index contributed by atoms with van der Waals surface area (Å²) in [6.45, 7) is 4.83. The van der Waals surface area contributed by atoms with E-state index in [0.29, 0.717) is 12.4 Å². The lowest BCUT2D eigenvalue weighted by Crippen LogP contribution is -2.49. The molecule has 2 heterocycles. The normalized spacial score (nSPS) is 19.6. The molecule has 0 saturated carbocycles. The molecule has 3 rings (SSSR count). The average molecular weight is 361 g/mol. The van der Waals surface area contributed by atoms with E-state index in [9.17, 15) is 13.2 Å². The standard InChI is InChI=1S/C14H16ClF3N6/c1-9-7-19-4-5-23(9)8-13-20-21-22-24(13)12-3-2-10(15)6-11(12)14(16,17)18/h2-3,6,9,19H,4-5,7-8H2,1H3/t9-/m0/s1. The van der Waals surface area contributed by atoms with Crippen LogP contribution in [0.15, 0.2) is 18.2 Å². The molecule has 1 aromatic heterocycles. The molecule has 1 aliphatic heterocycles. The van der Waals surface area contributed by atoms with Crippen molar-refractivity contribution in [2.24, 2.45) is 0 Å². The van der Waals surface area contributed by atoms with Gasteiger partial charge in [-0.15, -0.1) is 5.10 Å². The first-order valence-corrected chi connectivity index (χ1v) is 7.83. The molecule has 0 spiro atoms. The Labute approximate surface area is 141 Å². The fourth-order valence-corrected chi connectivity index (χ4v) is 2.88. The summed E-state index contributed by atoms with van der Waals surface area (Å²) in [6, 6.07) is 3.81. The van der Waals surface area contributed by atoms with Gasteiger partial charge in [-0.05, 0) is 35.5 Å². The van der Waals surface area contributed by atoms with Gasteiger partial charge in [0.2, 0.25) is 0 Å². The molecule has 130 valence electrons. The molecule has 6 nitrogen and oxygen atoms in total. The number of rotatable bonds is 3. The zero-order valence-corrected chi connectivity index (χ0v) is 13.6. The Kier molecular flexibility index (Phi) is 4.75. The van der Waals surface area contributed by atoms with Crippen LogP contribution in [0.1, 0.15) is 18.3 Å². The average Bonchev–Trinajstić information content (AvgIpc) is 2.97. The summed E-state index contributed by atoms with van der Waals surface area (Å²) in [5.74, 6) is 0.358. The number of hydrogen-bond acceptors (Lipinski definition) is 5. The van der Waals surface area contributed by atoms with Gasteiger partial charge in [0.15, 0.2) is 5.82 Å². The highest BCUT2D eigenvalue weighted by Crippen LogP contribution is 2.35. The molecule has 0 aliphatic carbocycles. The van der Waals surface area contributed by atoms with Crippen molar-refractivity contribution >= 4 is 11.6 Å². The van der Waals surface area contributed by atoms with Crippen molar-refractivity contribution in [1.29, 1.82) is 0 Å². The lowest BCUT2D eigenvalue weighted by molar-refractivity contribution is -0.137. The van der Waals surface area contributed by atoms with Crippen LogP contribution >= 0.6 is 11.6 Å². The second kappa shape index (κ2) is 6.66. The predicted octanol–water partition coefficient (Wildman–Crippen LogP) is 2.13. The largest absolute Gasteiger partial charge is 0.418 e. The first-order valence-electron chi connectivity index (χ1n) is 7.45. The molecule has 1 aliphatic rings. The topological polar surface area (TPSA) is 58.9 Å². The quantitative estimate of drug-likeness (QED) is 0.908. The molecular weight excluding hydrogens is 345 g/mol. The maximum absolute atomic E-state index is 13.3. The zero-order chi connectivity index (χ0) is 17.3. The number of alkyl halides is 3. The highest BCUT2D eigenvalue weighted by atomic mass is 35.5. The van der Waals surface area contributed by atoms with Gasteiger partial charge in [0.1, 0.15) is 0 Å². The minimum absolute atomic E-state index is 0.0106. The summed E-state index contributed by atoms with van der Waals surface area (Å²) in [5, 5.41) is 14.5. The summed E-state index contributed by atoms with van der Waals surface area (Å²) in [5.41, 5.74) is -0.994. The third-order valence-corrected chi connectivity index (χ3v) is 4.24. The first-order chi connectivity index (χ1) is 11.4. The molecule has 1 saturated heterocycles. The minimum atomic E-state index is -4.55. The van der Waals surface area contributed by atoms with E-state index >= 15 is 0 Å². The SMILES string of the molecule is C[C@H]1CNCCN1Cc1nnnn1-c1ccc(Cl)cc1C(F)(F)F. The van der Waals surface area contributed by atoms with Crippen LogP contribution in [0.4, 0.5) is 13.2 Å². The van der Waals surface area contributed by atoms with E-state index in [1.807, 2.05) is 6.92 Å². The molecule has 1 N–H and O–H groups in total. The molecule has 0 unspecified atom stereocenters. The van der Waals surface area contributed by atoms with Gasteiger partial charge in [-0.2, -0.15) is 17.9 Å².